The Bertz CT molecular complexity index is 356. The second-order valence-corrected chi connectivity index (χ2v) is 5.43. The van der Waals surface area contributed by atoms with Gasteiger partial charge in [0.2, 0.25) is 5.91 Å². The van der Waals surface area contributed by atoms with Crippen molar-refractivity contribution in [3.8, 4) is 0 Å². The summed E-state index contributed by atoms with van der Waals surface area (Å²) < 4.78 is 4.97. The standard InChI is InChI=1S/C13H24N4O3/c1-2-20-13(19)17-5-3-10(4-6-17)16-12(18)11-7-9(14)8-15-11/h9-11,15H,2-8,14H2,1H3,(H,16,18)/t9-,11+/m1/s1. The third-order valence-corrected chi connectivity index (χ3v) is 3.85. The number of rotatable bonds is 3. The molecule has 0 aromatic carbocycles. The smallest absolute Gasteiger partial charge is 0.409 e. The van der Waals surface area contributed by atoms with E-state index in [4.69, 9.17) is 10.5 Å². The van der Waals surface area contributed by atoms with Crippen molar-refractivity contribution in [2.45, 2.75) is 44.3 Å². The van der Waals surface area contributed by atoms with Crippen molar-refractivity contribution in [1.29, 1.82) is 0 Å². The summed E-state index contributed by atoms with van der Waals surface area (Å²) in [6, 6.07) is 0.0244. The van der Waals surface area contributed by atoms with Gasteiger partial charge < -0.3 is 26.0 Å². The van der Waals surface area contributed by atoms with Crippen LogP contribution in [0.4, 0.5) is 4.79 Å². The molecule has 2 aliphatic heterocycles. The Morgan fingerprint density at radius 2 is 2.10 bits per heavy atom. The molecule has 2 atom stereocenters. The van der Waals surface area contributed by atoms with Crippen LogP contribution < -0.4 is 16.4 Å². The highest BCUT2D eigenvalue weighted by molar-refractivity contribution is 5.82. The fourth-order valence-electron chi connectivity index (χ4n) is 2.69. The number of nitrogens with two attached hydrogens (primary N) is 1. The van der Waals surface area contributed by atoms with Gasteiger partial charge in [0.15, 0.2) is 0 Å². The molecule has 0 spiro atoms. The van der Waals surface area contributed by atoms with E-state index in [0.717, 1.165) is 12.8 Å². The number of likely N-dealkylation sites (tertiary alicyclic amines) is 1. The van der Waals surface area contributed by atoms with Crippen LogP contribution in [0.25, 0.3) is 0 Å². The fraction of sp³-hybridized carbons (Fsp3) is 0.846. The second kappa shape index (κ2) is 6.90. The summed E-state index contributed by atoms with van der Waals surface area (Å²) in [5, 5.41) is 6.15. The molecule has 0 aromatic rings. The van der Waals surface area contributed by atoms with E-state index in [1.165, 1.54) is 0 Å². The van der Waals surface area contributed by atoms with E-state index in [9.17, 15) is 9.59 Å². The van der Waals surface area contributed by atoms with E-state index in [0.29, 0.717) is 32.7 Å². The molecular formula is C13H24N4O3. The van der Waals surface area contributed by atoms with Crippen molar-refractivity contribution < 1.29 is 14.3 Å². The minimum atomic E-state index is -0.263. The van der Waals surface area contributed by atoms with Crippen LogP contribution in [0.2, 0.25) is 0 Å². The lowest BCUT2D eigenvalue weighted by Gasteiger charge is -2.32. The number of ether oxygens (including phenoxy) is 1. The zero-order chi connectivity index (χ0) is 14.5. The van der Waals surface area contributed by atoms with Gasteiger partial charge in [-0.25, -0.2) is 4.79 Å². The number of carbonyl (C=O) groups excluding carboxylic acids is 2. The molecule has 2 saturated heterocycles. The molecule has 2 heterocycles. The first-order valence-corrected chi connectivity index (χ1v) is 7.31. The average molecular weight is 284 g/mol. The van der Waals surface area contributed by atoms with Gasteiger partial charge in [-0.2, -0.15) is 0 Å². The predicted molar refractivity (Wildman–Crippen MR) is 74.1 cm³/mol. The summed E-state index contributed by atoms with van der Waals surface area (Å²) in [4.78, 5) is 25.3. The minimum Gasteiger partial charge on any atom is -0.450 e. The van der Waals surface area contributed by atoms with Crippen LogP contribution in [-0.4, -0.2) is 61.3 Å². The third kappa shape index (κ3) is 3.83. The molecule has 0 aromatic heterocycles. The normalized spacial score (nSPS) is 27.4. The molecule has 20 heavy (non-hydrogen) atoms. The maximum absolute atomic E-state index is 12.0. The number of amides is 2. The zero-order valence-electron chi connectivity index (χ0n) is 11.9. The lowest BCUT2D eigenvalue weighted by atomic mass is 10.0. The van der Waals surface area contributed by atoms with Crippen LogP contribution in [-0.2, 0) is 9.53 Å². The van der Waals surface area contributed by atoms with Crippen molar-refractivity contribution in [2.24, 2.45) is 5.73 Å². The quantitative estimate of drug-likeness (QED) is 0.644. The summed E-state index contributed by atoms with van der Waals surface area (Å²) in [6.07, 6.45) is 1.96. The van der Waals surface area contributed by atoms with Gasteiger partial charge in [-0.1, -0.05) is 0 Å². The molecule has 2 rings (SSSR count). The topological polar surface area (TPSA) is 96.7 Å². The van der Waals surface area contributed by atoms with Gasteiger partial charge in [0, 0.05) is 31.7 Å². The van der Waals surface area contributed by atoms with Crippen molar-refractivity contribution in [3.63, 3.8) is 0 Å². The molecule has 0 saturated carbocycles. The van der Waals surface area contributed by atoms with Gasteiger partial charge in [0.05, 0.1) is 12.6 Å². The summed E-state index contributed by atoms with van der Waals surface area (Å²) in [5.74, 6) is 0.0209. The Kier molecular flexibility index (Phi) is 5.19. The summed E-state index contributed by atoms with van der Waals surface area (Å²) in [7, 11) is 0. The SMILES string of the molecule is CCOC(=O)N1CCC(NC(=O)[C@@H]2C[C@@H](N)CN2)CC1. The van der Waals surface area contributed by atoms with Crippen LogP contribution in [0.1, 0.15) is 26.2 Å². The number of nitrogens with zero attached hydrogens (tertiary/aromatic N) is 1. The monoisotopic (exact) mass is 284 g/mol. The molecular weight excluding hydrogens is 260 g/mol. The molecule has 4 N–H and O–H groups in total. The summed E-state index contributed by atoms with van der Waals surface area (Å²) in [5.41, 5.74) is 5.78. The first-order chi connectivity index (χ1) is 9.60. The molecule has 0 aliphatic carbocycles. The van der Waals surface area contributed by atoms with Gasteiger partial charge in [-0.05, 0) is 26.2 Å². The summed E-state index contributed by atoms with van der Waals surface area (Å²) in [6.45, 7) is 4.13. The van der Waals surface area contributed by atoms with E-state index in [-0.39, 0.29) is 30.1 Å². The Labute approximate surface area is 119 Å². The van der Waals surface area contributed by atoms with E-state index in [1.54, 1.807) is 11.8 Å². The van der Waals surface area contributed by atoms with E-state index in [1.807, 2.05) is 0 Å². The molecule has 2 amide bonds. The van der Waals surface area contributed by atoms with Crippen LogP contribution in [0.15, 0.2) is 0 Å². The first-order valence-electron chi connectivity index (χ1n) is 7.31. The molecule has 0 radical (unpaired) electrons. The highest BCUT2D eigenvalue weighted by atomic mass is 16.6. The van der Waals surface area contributed by atoms with E-state index >= 15 is 0 Å². The van der Waals surface area contributed by atoms with Gasteiger partial charge >= 0.3 is 6.09 Å². The first kappa shape index (κ1) is 15.1. The maximum atomic E-state index is 12.0. The third-order valence-electron chi connectivity index (χ3n) is 3.85. The average Bonchev–Trinajstić information content (AvgIpc) is 2.86. The highest BCUT2D eigenvalue weighted by Crippen LogP contribution is 2.13. The van der Waals surface area contributed by atoms with Gasteiger partial charge in [-0.15, -0.1) is 0 Å². The molecule has 2 fully saturated rings. The van der Waals surface area contributed by atoms with Crippen molar-refractivity contribution in [2.75, 3.05) is 26.2 Å². The Morgan fingerprint density at radius 3 is 2.65 bits per heavy atom. The number of hydrogen-bond acceptors (Lipinski definition) is 5. The maximum Gasteiger partial charge on any atom is 0.409 e. The van der Waals surface area contributed by atoms with E-state index in [2.05, 4.69) is 10.6 Å². The summed E-state index contributed by atoms with van der Waals surface area (Å²) >= 11 is 0. The van der Waals surface area contributed by atoms with Crippen molar-refractivity contribution in [3.05, 3.63) is 0 Å². The zero-order valence-corrected chi connectivity index (χ0v) is 11.9. The Morgan fingerprint density at radius 1 is 1.40 bits per heavy atom. The van der Waals surface area contributed by atoms with Crippen LogP contribution in [0.3, 0.4) is 0 Å². The predicted octanol–water partition coefficient (Wildman–Crippen LogP) is -0.587. The van der Waals surface area contributed by atoms with Crippen LogP contribution in [0.5, 0.6) is 0 Å². The fourth-order valence-corrected chi connectivity index (χ4v) is 2.69. The number of nitrogens with one attached hydrogen (secondary N) is 2. The Balaban J connectivity index is 1.71. The molecule has 2 aliphatic rings. The molecule has 7 nitrogen and oxygen atoms in total. The van der Waals surface area contributed by atoms with Crippen LogP contribution in [0, 0.1) is 0 Å². The lowest BCUT2D eigenvalue weighted by Crippen LogP contribution is -2.50. The second-order valence-electron chi connectivity index (χ2n) is 5.43. The largest absolute Gasteiger partial charge is 0.450 e. The number of piperidine rings is 1. The van der Waals surface area contributed by atoms with E-state index < -0.39 is 0 Å². The number of carbonyl (C=O) groups is 2. The highest BCUT2D eigenvalue weighted by Gasteiger charge is 2.30. The molecule has 0 unspecified atom stereocenters. The molecule has 114 valence electrons. The minimum absolute atomic E-state index is 0.0209. The van der Waals surface area contributed by atoms with Gasteiger partial charge in [0.1, 0.15) is 0 Å². The lowest BCUT2D eigenvalue weighted by molar-refractivity contribution is -0.123. The molecule has 0 bridgehead atoms. The molecule has 7 heteroatoms. The number of hydrogen-bond donors (Lipinski definition) is 3. The van der Waals surface area contributed by atoms with Crippen molar-refractivity contribution in [1.82, 2.24) is 15.5 Å². The van der Waals surface area contributed by atoms with Crippen LogP contribution >= 0.6 is 0 Å². The van der Waals surface area contributed by atoms with Gasteiger partial charge in [-0.3, -0.25) is 4.79 Å². The van der Waals surface area contributed by atoms with Gasteiger partial charge in [0.25, 0.3) is 0 Å². The van der Waals surface area contributed by atoms with Crippen molar-refractivity contribution >= 4 is 12.0 Å². The Hall–Kier alpha value is -1.34.